The van der Waals surface area contributed by atoms with Gasteiger partial charge in [-0.25, -0.2) is 9.37 Å². The van der Waals surface area contributed by atoms with E-state index in [2.05, 4.69) is 33.5 Å². The molecule has 156 valence electrons. The lowest BCUT2D eigenvalue weighted by molar-refractivity contribution is 0.447. The van der Waals surface area contributed by atoms with Gasteiger partial charge in [0, 0.05) is 36.6 Å². The van der Waals surface area contributed by atoms with E-state index in [-0.39, 0.29) is 30.6 Å². The molecule has 2 N–H and O–H groups in total. The van der Waals surface area contributed by atoms with Gasteiger partial charge in [-0.3, -0.25) is 0 Å². The van der Waals surface area contributed by atoms with Crippen molar-refractivity contribution in [1.82, 2.24) is 15.3 Å². The van der Waals surface area contributed by atoms with Crippen LogP contribution in [0.3, 0.4) is 0 Å². The third kappa shape index (κ3) is 6.19. The number of hydrogen-bond donors (Lipinski definition) is 2. The lowest BCUT2D eigenvalue weighted by atomic mass is 10.1. The van der Waals surface area contributed by atoms with E-state index < -0.39 is 0 Å². The predicted molar refractivity (Wildman–Crippen MR) is 119 cm³/mol. The lowest BCUT2D eigenvalue weighted by Crippen LogP contribution is -2.44. The Labute approximate surface area is 179 Å². The van der Waals surface area contributed by atoms with Crippen LogP contribution in [0.5, 0.6) is 0 Å². The Morgan fingerprint density at radius 1 is 1.21 bits per heavy atom. The van der Waals surface area contributed by atoms with Crippen LogP contribution in [0, 0.1) is 12.7 Å². The summed E-state index contributed by atoms with van der Waals surface area (Å²) in [5.41, 5.74) is 2.31. The number of halogens is 3. The minimum absolute atomic E-state index is 0. The van der Waals surface area contributed by atoms with Gasteiger partial charge in [0.15, 0.2) is 0 Å². The van der Waals surface area contributed by atoms with Gasteiger partial charge in [-0.1, -0.05) is 19.4 Å². The van der Waals surface area contributed by atoms with Crippen molar-refractivity contribution in [2.45, 2.75) is 45.6 Å². The molecule has 1 aliphatic heterocycles. The van der Waals surface area contributed by atoms with Crippen LogP contribution in [-0.4, -0.2) is 36.1 Å². The summed E-state index contributed by atoms with van der Waals surface area (Å²) in [5, 5.41) is 6.54. The Kier molecular flexibility index (Phi) is 9.93. The average molecular weight is 430 g/mol. The molecule has 2 aromatic rings. The van der Waals surface area contributed by atoms with E-state index in [1.165, 1.54) is 12.5 Å². The van der Waals surface area contributed by atoms with E-state index in [9.17, 15) is 4.39 Å². The molecule has 1 atom stereocenters. The summed E-state index contributed by atoms with van der Waals surface area (Å²) in [7, 11) is 2.01. The van der Waals surface area contributed by atoms with E-state index in [1.54, 1.807) is 13.0 Å². The second-order valence-corrected chi connectivity index (χ2v) is 6.95. The summed E-state index contributed by atoms with van der Waals surface area (Å²) in [6.07, 6.45) is 4.25. The van der Waals surface area contributed by atoms with E-state index in [0.29, 0.717) is 23.2 Å². The maximum atomic E-state index is 13.8. The summed E-state index contributed by atoms with van der Waals surface area (Å²) >= 11 is 0. The fraction of sp³-hybridized carbons (Fsp3) is 0.500. The monoisotopic (exact) mass is 429 g/mol. The first-order chi connectivity index (χ1) is 12.6. The minimum atomic E-state index is -0.229. The van der Waals surface area contributed by atoms with Crippen molar-refractivity contribution in [3.05, 3.63) is 41.3 Å². The third-order valence-corrected chi connectivity index (χ3v) is 4.85. The van der Waals surface area contributed by atoms with Gasteiger partial charge in [0.25, 0.3) is 0 Å². The maximum Gasteiger partial charge on any atom is 0.229 e. The number of hydrogen-bond acceptors (Lipinski definition) is 5. The Morgan fingerprint density at radius 3 is 2.68 bits per heavy atom. The molecular weight excluding hydrogens is 400 g/mol. The molecule has 1 saturated heterocycles. The highest BCUT2D eigenvalue weighted by molar-refractivity contribution is 5.85. The van der Waals surface area contributed by atoms with Crippen molar-refractivity contribution in [2.75, 3.05) is 30.4 Å². The van der Waals surface area contributed by atoms with E-state index >= 15 is 0 Å². The Balaban J connectivity index is 0.00000196. The molecule has 0 aliphatic carbocycles. The highest BCUT2D eigenvalue weighted by Gasteiger charge is 2.20. The number of rotatable bonds is 6. The summed E-state index contributed by atoms with van der Waals surface area (Å²) in [6, 6.07) is 7.67. The molecule has 0 spiro atoms. The maximum absolute atomic E-state index is 13.8. The summed E-state index contributed by atoms with van der Waals surface area (Å²) in [6.45, 7) is 5.84. The van der Waals surface area contributed by atoms with Gasteiger partial charge in [-0.05, 0) is 50.9 Å². The van der Waals surface area contributed by atoms with Gasteiger partial charge in [-0.2, -0.15) is 4.98 Å². The second-order valence-electron chi connectivity index (χ2n) is 6.95. The van der Waals surface area contributed by atoms with Gasteiger partial charge in [0.05, 0.1) is 0 Å². The van der Waals surface area contributed by atoms with Crippen LogP contribution in [0.25, 0.3) is 0 Å². The van der Waals surface area contributed by atoms with Crippen LogP contribution < -0.4 is 15.5 Å². The SMILES string of the molecule is CCCc1cc(N2CCC[C@@H](NC)C2)nc(Nc2ccc(C)c(F)c2)n1.Cl.Cl. The van der Waals surface area contributed by atoms with Crippen molar-refractivity contribution in [3.8, 4) is 0 Å². The molecule has 0 unspecified atom stereocenters. The highest BCUT2D eigenvalue weighted by Crippen LogP contribution is 2.23. The second kappa shape index (κ2) is 11.4. The molecule has 1 aliphatic rings. The fourth-order valence-electron chi connectivity index (χ4n) is 3.31. The molecular formula is C20H30Cl2FN5. The molecule has 2 heterocycles. The molecule has 28 heavy (non-hydrogen) atoms. The first kappa shape index (κ1) is 24.4. The van der Waals surface area contributed by atoms with Crippen molar-refractivity contribution >= 4 is 42.3 Å². The molecule has 0 saturated carbocycles. The molecule has 1 aromatic heterocycles. The average Bonchev–Trinajstić information content (AvgIpc) is 2.65. The Morgan fingerprint density at radius 2 is 2.00 bits per heavy atom. The molecule has 0 amide bonds. The van der Waals surface area contributed by atoms with E-state index in [1.807, 2.05) is 13.1 Å². The van der Waals surface area contributed by atoms with Crippen LogP contribution >= 0.6 is 24.8 Å². The van der Waals surface area contributed by atoms with Crippen LogP contribution in [0.2, 0.25) is 0 Å². The van der Waals surface area contributed by atoms with Gasteiger partial charge >= 0.3 is 0 Å². The van der Waals surface area contributed by atoms with Crippen LogP contribution in [-0.2, 0) is 6.42 Å². The van der Waals surface area contributed by atoms with Crippen LogP contribution in [0.15, 0.2) is 24.3 Å². The number of benzene rings is 1. The lowest BCUT2D eigenvalue weighted by Gasteiger charge is -2.33. The zero-order chi connectivity index (χ0) is 18.5. The molecule has 1 fully saturated rings. The number of nitrogens with zero attached hydrogens (tertiary/aromatic N) is 3. The van der Waals surface area contributed by atoms with Gasteiger partial charge in [-0.15, -0.1) is 24.8 Å². The number of likely N-dealkylation sites (N-methyl/N-ethyl adjacent to an activating group) is 1. The summed E-state index contributed by atoms with van der Waals surface area (Å²) in [5.74, 6) is 1.24. The first-order valence-corrected chi connectivity index (χ1v) is 9.42. The number of aryl methyl sites for hydroxylation is 2. The van der Waals surface area contributed by atoms with Crippen molar-refractivity contribution in [2.24, 2.45) is 0 Å². The fourth-order valence-corrected chi connectivity index (χ4v) is 3.31. The molecule has 1 aromatic carbocycles. The van der Waals surface area contributed by atoms with Gasteiger partial charge < -0.3 is 15.5 Å². The Bertz CT molecular complexity index is 759. The van der Waals surface area contributed by atoms with Gasteiger partial charge in [0.2, 0.25) is 5.95 Å². The standard InChI is InChI=1S/C20H28FN5.2ClH/c1-4-6-15-12-19(26-10-5-7-17(13-26)22-3)25-20(23-15)24-16-9-8-14(2)18(21)11-16;;/h8-9,11-12,17,22H,4-7,10,13H2,1-3H3,(H,23,24,25);2*1H/t17-;;/m1../s1. The van der Waals surface area contributed by atoms with Crippen molar-refractivity contribution in [1.29, 1.82) is 0 Å². The predicted octanol–water partition coefficient (Wildman–Crippen LogP) is 4.65. The Hall–Kier alpha value is -1.63. The molecule has 0 radical (unpaired) electrons. The van der Waals surface area contributed by atoms with E-state index in [4.69, 9.17) is 4.98 Å². The molecule has 8 heteroatoms. The largest absolute Gasteiger partial charge is 0.355 e. The van der Waals surface area contributed by atoms with Crippen molar-refractivity contribution < 1.29 is 4.39 Å². The minimum Gasteiger partial charge on any atom is -0.355 e. The first-order valence-electron chi connectivity index (χ1n) is 9.42. The number of anilines is 3. The van der Waals surface area contributed by atoms with Gasteiger partial charge in [0.1, 0.15) is 11.6 Å². The van der Waals surface area contributed by atoms with E-state index in [0.717, 1.165) is 43.9 Å². The van der Waals surface area contributed by atoms with Crippen LogP contribution in [0.1, 0.15) is 37.4 Å². The quantitative estimate of drug-likeness (QED) is 0.699. The number of nitrogens with one attached hydrogen (secondary N) is 2. The zero-order valence-corrected chi connectivity index (χ0v) is 18.3. The highest BCUT2D eigenvalue weighted by atomic mass is 35.5. The summed E-state index contributed by atoms with van der Waals surface area (Å²) < 4.78 is 13.8. The third-order valence-electron chi connectivity index (χ3n) is 4.85. The van der Waals surface area contributed by atoms with Crippen LogP contribution in [0.4, 0.5) is 21.8 Å². The molecule has 5 nitrogen and oxygen atoms in total. The molecule has 0 bridgehead atoms. The number of aromatic nitrogens is 2. The molecule has 3 rings (SSSR count). The zero-order valence-electron chi connectivity index (χ0n) is 16.7. The normalized spacial score (nSPS) is 16.1. The van der Waals surface area contributed by atoms with Crippen molar-refractivity contribution in [3.63, 3.8) is 0 Å². The smallest absolute Gasteiger partial charge is 0.229 e. The number of piperidine rings is 1. The summed E-state index contributed by atoms with van der Waals surface area (Å²) in [4.78, 5) is 11.6. The topological polar surface area (TPSA) is 53.1 Å².